The molecule has 0 bridgehead atoms. The lowest BCUT2D eigenvalue weighted by molar-refractivity contribution is 0.507. The minimum Gasteiger partial charge on any atom is -0.388 e. The molecule has 0 saturated heterocycles. The number of nitriles is 1. The number of rotatable bonds is 3. The highest BCUT2D eigenvalue weighted by Crippen LogP contribution is 2.23. The second-order valence-electron chi connectivity index (χ2n) is 4.28. The Morgan fingerprint density at radius 2 is 2.06 bits per heavy atom. The summed E-state index contributed by atoms with van der Waals surface area (Å²) >= 11 is 0. The summed E-state index contributed by atoms with van der Waals surface area (Å²) < 4.78 is 4.76. The van der Waals surface area contributed by atoms with Crippen molar-refractivity contribution >= 4 is 0 Å². The third-order valence-corrected chi connectivity index (χ3v) is 2.94. The molecule has 90 valence electrons. The van der Waals surface area contributed by atoms with Crippen molar-refractivity contribution in [1.82, 2.24) is 0 Å². The first-order valence-corrected chi connectivity index (χ1v) is 5.99. The molecule has 0 N–H and O–H groups in total. The summed E-state index contributed by atoms with van der Waals surface area (Å²) in [6, 6.07) is 7.64. The summed E-state index contributed by atoms with van der Waals surface area (Å²) in [5.74, 6) is 0.939. The van der Waals surface area contributed by atoms with Crippen molar-refractivity contribution in [3.05, 3.63) is 65.8 Å². The molecule has 0 aliphatic heterocycles. The average molecular weight is 237 g/mol. The van der Waals surface area contributed by atoms with Crippen LogP contribution in [0.3, 0.4) is 0 Å². The summed E-state index contributed by atoms with van der Waals surface area (Å²) in [5, 5.41) is 8.42. The van der Waals surface area contributed by atoms with Crippen LogP contribution >= 0.6 is 0 Å². The lowest BCUT2D eigenvalue weighted by atomic mass is 9.96. The van der Waals surface area contributed by atoms with Crippen LogP contribution in [0.1, 0.15) is 24.8 Å². The molecule has 0 saturated carbocycles. The first-order valence-electron chi connectivity index (χ1n) is 5.99. The van der Waals surface area contributed by atoms with Gasteiger partial charge in [-0.25, -0.2) is 0 Å². The summed E-state index contributed by atoms with van der Waals surface area (Å²) in [6.45, 7) is 2.17. The maximum atomic E-state index is 8.42. The van der Waals surface area contributed by atoms with E-state index in [4.69, 9.17) is 10.00 Å². The molecule has 1 aromatic carbocycles. The van der Waals surface area contributed by atoms with Gasteiger partial charge in [-0.2, -0.15) is 0 Å². The molecule has 1 aromatic rings. The van der Waals surface area contributed by atoms with Gasteiger partial charge in [0.1, 0.15) is 5.75 Å². The van der Waals surface area contributed by atoms with Gasteiger partial charge in [-0.05, 0) is 35.6 Å². The molecule has 18 heavy (non-hydrogen) atoms. The number of hydrogen-bond acceptors (Lipinski definition) is 2. The molecule has 2 heteroatoms. The van der Waals surface area contributed by atoms with Gasteiger partial charge >= 0.3 is 0 Å². The first kappa shape index (κ1) is 12.2. The maximum absolute atomic E-state index is 8.42. The van der Waals surface area contributed by atoms with Crippen molar-refractivity contribution in [1.29, 1.82) is 5.26 Å². The molecular weight excluding hydrogens is 222 g/mol. The SMILES string of the molecule is CC(C=C1C=CC=CC1)c1ccc(OC#N)cc1. The molecule has 0 aromatic heterocycles. The average Bonchev–Trinajstić information content (AvgIpc) is 2.41. The molecule has 0 fully saturated rings. The van der Waals surface area contributed by atoms with Gasteiger partial charge < -0.3 is 4.74 Å². The van der Waals surface area contributed by atoms with Crippen LogP contribution < -0.4 is 4.74 Å². The van der Waals surface area contributed by atoms with Gasteiger partial charge in [0.05, 0.1) is 0 Å². The highest BCUT2D eigenvalue weighted by atomic mass is 16.5. The van der Waals surface area contributed by atoms with Crippen LogP contribution in [0.5, 0.6) is 5.75 Å². The summed E-state index contributed by atoms with van der Waals surface area (Å²) in [6.07, 6.45) is 13.4. The Kier molecular flexibility index (Phi) is 3.98. The van der Waals surface area contributed by atoms with Crippen LogP contribution in [0.4, 0.5) is 0 Å². The fourth-order valence-electron chi connectivity index (χ4n) is 1.96. The lowest BCUT2D eigenvalue weighted by Crippen LogP contribution is -1.92. The van der Waals surface area contributed by atoms with Crippen LogP contribution in [-0.4, -0.2) is 0 Å². The Morgan fingerprint density at radius 1 is 1.28 bits per heavy atom. The van der Waals surface area contributed by atoms with E-state index in [1.54, 1.807) is 6.26 Å². The molecule has 0 spiro atoms. The lowest BCUT2D eigenvalue weighted by Gasteiger charge is -2.10. The molecule has 0 amide bonds. The number of hydrogen-bond donors (Lipinski definition) is 0. The number of nitrogens with zero attached hydrogens (tertiary/aromatic N) is 1. The van der Waals surface area contributed by atoms with Gasteiger partial charge in [0.15, 0.2) is 0 Å². The van der Waals surface area contributed by atoms with E-state index >= 15 is 0 Å². The fourth-order valence-corrected chi connectivity index (χ4v) is 1.96. The van der Waals surface area contributed by atoms with Gasteiger partial charge in [-0.15, -0.1) is 5.26 Å². The minimum atomic E-state index is 0.354. The molecular formula is C16H15NO. The molecule has 1 aliphatic rings. The van der Waals surface area contributed by atoms with Crippen LogP contribution in [0.2, 0.25) is 0 Å². The van der Waals surface area contributed by atoms with E-state index in [1.807, 2.05) is 24.3 Å². The van der Waals surface area contributed by atoms with Gasteiger partial charge in [0, 0.05) is 0 Å². The monoisotopic (exact) mass is 237 g/mol. The van der Waals surface area contributed by atoms with Crippen LogP contribution in [-0.2, 0) is 0 Å². The van der Waals surface area contributed by atoms with E-state index in [2.05, 4.69) is 37.3 Å². The molecule has 0 radical (unpaired) electrons. The van der Waals surface area contributed by atoms with Gasteiger partial charge in [-0.3, -0.25) is 0 Å². The predicted molar refractivity (Wildman–Crippen MR) is 72.1 cm³/mol. The van der Waals surface area contributed by atoms with Crippen LogP contribution in [0, 0.1) is 11.5 Å². The number of ether oxygens (including phenoxy) is 1. The number of benzene rings is 1. The second kappa shape index (κ2) is 5.88. The van der Waals surface area contributed by atoms with Crippen molar-refractivity contribution in [2.75, 3.05) is 0 Å². The molecule has 1 unspecified atom stereocenters. The molecule has 2 rings (SSSR count). The van der Waals surface area contributed by atoms with Gasteiger partial charge in [0.2, 0.25) is 0 Å². The third kappa shape index (κ3) is 3.11. The van der Waals surface area contributed by atoms with E-state index in [-0.39, 0.29) is 0 Å². The fraction of sp³-hybridized carbons (Fsp3) is 0.188. The first-order chi connectivity index (χ1) is 8.79. The largest absolute Gasteiger partial charge is 0.388 e. The zero-order chi connectivity index (χ0) is 12.8. The van der Waals surface area contributed by atoms with Gasteiger partial charge in [0.25, 0.3) is 6.26 Å². The third-order valence-electron chi connectivity index (χ3n) is 2.94. The summed E-state index contributed by atoms with van der Waals surface area (Å²) in [7, 11) is 0. The smallest absolute Gasteiger partial charge is 0.292 e. The van der Waals surface area contributed by atoms with Crippen molar-refractivity contribution in [2.45, 2.75) is 19.3 Å². The van der Waals surface area contributed by atoms with E-state index in [0.29, 0.717) is 11.7 Å². The predicted octanol–water partition coefficient (Wildman–Crippen LogP) is 4.09. The van der Waals surface area contributed by atoms with Crippen molar-refractivity contribution in [2.24, 2.45) is 0 Å². The Bertz CT molecular complexity index is 529. The van der Waals surface area contributed by atoms with Crippen molar-refractivity contribution in [3.8, 4) is 12.0 Å². The highest BCUT2D eigenvalue weighted by molar-refractivity contribution is 5.36. The topological polar surface area (TPSA) is 33.0 Å². The van der Waals surface area contributed by atoms with Gasteiger partial charge in [-0.1, -0.05) is 49.4 Å². The van der Waals surface area contributed by atoms with Crippen molar-refractivity contribution in [3.63, 3.8) is 0 Å². The Labute approximate surface area is 108 Å². The Morgan fingerprint density at radius 3 is 2.67 bits per heavy atom. The Hall–Kier alpha value is -2.27. The van der Waals surface area contributed by atoms with E-state index < -0.39 is 0 Å². The normalized spacial score (nSPS) is 17.4. The number of allylic oxidation sites excluding steroid dienone is 6. The van der Waals surface area contributed by atoms with Crippen molar-refractivity contribution < 1.29 is 4.74 Å². The molecule has 1 atom stereocenters. The quantitative estimate of drug-likeness (QED) is 0.742. The summed E-state index contributed by atoms with van der Waals surface area (Å²) in [4.78, 5) is 0. The Balaban J connectivity index is 2.09. The van der Waals surface area contributed by atoms with E-state index in [9.17, 15) is 0 Å². The summed E-state index contributed by atoms with van der Waals surface area (Å²) in [5.41, 5.74) is 2.55. The second-order valence-corrected chi connectivity index (χ2v) is 4.28. The van der Waals surface area contributed by atoms with E-state index in [0.717, 1.165) is 6.42 Å². The van der Waals surface area contributed by atoms with Crippen LogP contribution in [0.25, 0.3) is 0 Å². The molecule has 0 heterocycles. The molecule has 1 aliphatic carbocycles. The molecule has 2 nitrogen and oxygen atoms in total. The zero-order valence-corrected chi connectivity index (χ0v) is 10.3. The standard InChI is InChI=1S/C16H15NO/c1-13(11-14-5-3-2-4-6-14)15-7-9-16(10-8-15)18-12-17/h2-5,7-11,13H,6H2,1H3. The maximum Gasteiger partial charge on any atom is 0.292 e. The minimum absolute atomic E-state index is 0.354. The van der Waals surface area contributed by atoms with Crippen LogP contribution in [0.15, 0.2) is 60.2 Å². The zero-order valence-electron chi connectivity index (χ0n) is 10.3. The van der Waals surface area contributed by atoms with E-state index in [1.165, 1.54) is 11.1 Å². The highest BCUT2D eigenvalue weighted by Gasteiger charge is 2.04.